The molecule has 0 radical (unpaired) electrons. The molecule has 1 aliphatic carbocycles. The Kier molecular flexibility index (Phi) is 7.91. The van der Waals surface area contributed by atoms with Gasteiger partial charge in [0, 0.05) is 13.1 Å². The van der Waals surface area contributed by atoms with Gasteiger partial charge in [-0.05, 0) is 78.5 Å². The molecule has 0 saturated heterocycles. The average Bonchev–Trinajstić information content (AvgIpc) is 2.88. The molecule has 0 fully saturated rings. The molecule has 6 heteroatoms. The maximum atomic E-state index is 13.0. The Balaban J connectivity index is 1.60. The second-order valence-electron chi connectivity index (χ2n) is 9.15. The van der Waals surface area contributed by atoms with Gasteiger partial charge in [-0.3, -0.25) is 10.1 Å². The Morgan fingerprint density at radius 2 is 1.57 bits per heavy atom. The van der Waals surface area contributed by atoms with Gasteiger partial charge in [0.2, 0.25) is 5.91 Å². The highest BCUT2D eigenvalue weighted by atomic mass is 19.4. The largest absolute Gasteiger partial charge is 0.416 e. The summed E-state index contributed by atoms with van der Waals surface area (Å²) in [6, 6.07) is 20.8. The van der Waals surface area contributed by atoms with Crippen LogP contribution >= 0.6 is 0 Å². The van der Waals surface area contributed by atoms with Crippen LogP contribution in [-0.2, 0) is 30.2 Å². The van der Waals surface area contributed by atoms with Gasteiger partial charge in [-0.25, -0.2) is 0 Å². The molecule has 0 spiro atoms. The van der Waals surface area contributed by atoms with E-state index >= 15 is 0 Å². The minimum atomic E-state index is -4.35. The second-order valence-corrected chi connectivity index (χ2v) is 9.15. The van der Waals surface area contributed by atoms with Crippen molar-refractivity contribution in [1.82, 2.24) is 10.6 Å². The molecule has 1 aliphatic rings. The fourth-order valence-electron chi connectivity index (χ4n) is 4.80. The standard InChI is InChI=1S/C29H31F3N2O/c1-33-28(35)27(22-8-3-2-4-9-22)34-26(24-15-14-21-7-5-6-10-23(21)19-24)18-13-20-11-16-25(17-12-20)29(30,31)32/h2-4,8-9,11-12,14-17,19,26-27,34H,5-7,10,13,18H2,1H3,(H,33,35)/t26-,27+/m0/s1. The van der Waals surface area contributed by atoms with E-state index in [1.54, 1.807) is 19.2 Å². The average molecular weight is 481 g/mol. The predicted octanol–water partition coefficient (Wildman–Crippen LogP) is 6.34. The lowest BCUT2D eigenvalue weighted by atomic mass is 9.87. The highest BCUT2D eigenvalue weighted by Crippen LogP contribution is 2.31. The van der Waals surface area contributed by atoms with E-state index < -0.39 is 17.8 Å². The maximum Gasteiger partial charge on any atom is 0.416 e. The zero-order chi connectivity index (χ0) is 24.8. The van der Waals surface area contributed by atoms with Crippen molar-refractivity contribution in [3.8, 4) is 0 Å². The molecule has 35 heavy (non-hydrogen) atoms. The van der Waals surface area contributed by atoms with E-state index in [9.17, 15) is 18.0 Å². The van der Waals surface area contributed by atoms with E-state index in [-0.39, 0.29) is 11.9 Å². The number of amides is 1. The second kappa shape index (κ2) is 11.1. The molecule has 0 saturated carbocycles. The molecular formula is C29H31F3N2O. The van der Waals surface area contributed by atoms with Gasteiger partial charge < -0.3 is 5.32 Å². The maximum absolute atomic E-state index is 13.0. The molecule has 4 rings (SSSR count). The van der Waals surface area contributed by atoms with Crippen molar-refractivity contribution in [3.63, 3.8) is 0 Å². The van der Waals surface area contributed by atoms with Crippen LogP contribution in [0.4, 0.5) is 13.2 Å². The van der Waals surface area contributed by atoms with E-state index in [1.807, 2.05) is 30.3 Å². The molecule has 184 valence electrons. The third-order valence-electron chi connectivity index (χ3n) is 6.79. The number of nitrogens with one attached hydrogen (secondary N) is 2. The summed E-state index contributed by atoms with van der Waals surface area (Å²) in [4.78, 5) is 12.8. The molecule has 0 unspecified atom stereocenters. The van der Waals surface area contributed by atoms with Crippen molar-refractivity contribution in [2.45, 2.75) is 56.8 Å². The third-order valence-corrected chi connectivity index (χ3v) is 6.79. The summed E-state index contributed by atoms with van der Waals surface area (Å²) in [5, 5.41) is 6.31. The van der Waals surface area contributed by atoms with Crippen molar-refractivity contribution < 1.29 is 18.0 Å². The molecule has 0 heterocycles. The first kappa shape index (κ1) is 25.0. The molecule has 3 aromatic carbocycles. The van der Waals surface area contributed by atoms with E-state index in [0.717, 1.165) is 41.7 Å². The molecule has 1 amide bonds. The number of hydrogen-bond donors (Lipinski definition) is 2. The van der Waals surface area contributed by atoms with Crippen LogP contribution in [0.2, 0.25) is 0 Å². The molecular weight excluding hydrogens is 449 g/mol. The number of likely N-dealkylation sites (N-methyl/N-ethyl adjacent to an activating group) is 1. The van der Waals surface area contributed by atoms with Gasteiger partial charge in [0.05, 0.1) is 5.56 Å². The third kappa shape index (κ3) is 6.31. The molecule has 0 aromatic heterocycles. The number of benzene rings is 3. The smallest absolute Gasteiger partial charge is 0.358 e. The Morgan fingerprint density at radius 1 is 0.886 bits per heavy atom. The summed E-state index contributed by atoms with van der Waals surface area (Å²) in [6.45, 7) is 0. The van der Waals surface area contributed by atoms with E-state index in [0.29, 0.717) is 12.8 Å². The lowest BCUT2D eigenvalue weighted by Gasteiger charge is -2.27. The number of alkyl halides is 3. The van der Waals surface area contributed by atoms with Gasteiger partial charge in [-0.1, -0.05) is 60.7 Å². The summed E-state index contributed by atoms with van der Waals surface area (Å²) in [5.74, 6) is -0.131. The summed E-state index contributed by atoms with van der Waals surface area (Å²) >= 11 is 0. The topological polar surface area (TPSA) is 41.1 Å². The number of aryl methyl sites for hydroxylation is 3. The summed E-state index contributed by atoms with van der Waals surface area (Å²) in [6.07, 6.45) is 1.39. The number of rotatable bonds is 8. The van der Waals surface area contributed by atoms with E-state index in [2.05, 4.69) is 28.8 Å². The first-order valence-corrected chi connectivity index (χ1v) is 12.2. The predicted molar refractivity (Wildman–Crippen MR) is 132 cm³/mol. The van der Waals surface area contributed by atoms with E-state index in [1.165, 1.54) is 24.0 Å². The summed E-state index contributed by atoms with van der Waals surface area (Å²) in [5.41, 5.74) is 4.89. The number of carbonyl (C=O) groups is 1. The normalized spacial score (nSPS) is 15.2. The monoisotopic (exact) mass is 480 g/mol. The fourth-order valence-corrected chi connectivity index (χ4v) is 4.80. The summed E-state index contributed by atoms with van der Waals surface area (Å²) < 4.78 is 38.9. The number of hydrogen-bond acceptors (Lipinski definition) is 2. The van der Waals surface area contributed by atoms with Crippen molar-refractivity contribution >= 4 is 5.91 Å². The van der Waals surface area contributed by atoms with Crippen LogP contribution in [0.5, 0.6) is 0 Å². The van der Waals surface area contributed by atoms with Gasteiger partial charge in [-0.2, -0.15) is 13.2 Å². The van der Waals surface area contributed by atoms with Crippen LogP contribution in [-0.4, -0.2) is 13.0 Å². The molecule has 2 N–H and O–H groups in total. The molecule has 3 nitrogen and oxygen atoms in total. The van der Waals surface area contributed by atoms with Crippen molar-refractivity contribution in [3.05, 3.63) is 106 Å². The first-order valence-electron chi connectivity index (χ1n) is 12.2. The Morgan fingerprint density at radius 3 is 2.23 bits per heavy atom. The minimum Gasteiger partial charge on any atom is -0.358 e. The lowest BCUT2D eigenvalue weighted by molar-refractivity contribution is -0.137. The van der Waals surface area contributed by atoms with Crippen LogP contribution in [0.3, 0.4) is 0 Å². The van der Waals surface area contributed by atoms with Gasteiger partial charge >= 0.3 is 6.18 Å². The highest BCUT2D eigenvalue weighted by molar-refractivity contribution is 5.83. The van der Waals surface area contributed by atoms with Crippen LogP contribution < -0.4 is 10.6 Å². The van der Waals surface area contributed by atoms with Crippen LogP contribution in [0, 0.1) is 0 Å². The van der Waals surface area contributed by atoms with Crippen LogP contribution in [0.1, 0.15) is 64.7 Å². The fraction of sp³-hybridized carbons (Fsp3) is 0.345. The molecule has 0 aliphatic heterocycles. The Labute approximate surface area is 204 Å². The van der Waals surface area contributed by atoms with Crippen LogP contribution in [0.15, 0.2) is 72.8 Å². The van der Waals surface area contributed by atoms with Gasteiger partial charge in [0.25, 0.3) is 0 Å². The SMILES string of the molecule is CNC(=O)[C@H](N[C@@H](CCc1ccc(C(F)(F)F)cc1)c1ccc2c(c1)CCCC2)c1ccccc1. The number of fused-ring (bicyclic) bond motifs is 1. The zero-order valence-electron chi connectivity index (χ0n) is 19.9. The first-order chi connectivity index (χ1) is 16.8. The summed E-state index contributed by atoms with van der Waals surface area (Å²) in [7, 11) is 1.62. The lowest BCUT2D eigenvalue weighted by Crippen LogP contribution is -2.38. The van der Waals surface area contributed by atoms with Crippen molar-refractivity contribution in [2.24, 2.45) is 0 Å². The van der Waals surface area contributed by atoms with Gasteiger partial charge in [0.1, 0.15) is 6.04 Å². The van der Waals surface area contributed by atoms with Gasteiger partial charge in [-0.15, -0.1) is 0 Å². The van der Waals surface area contributed by atoms with Crippen LogP contribution in [0.25, 0.3) is 0 Å². The highest BCUT2D eigenvalue weighted by Gasteiger charge is 2.30. The molecule has 2 atom stereocenters. The minimum absolute atomic E-state index is 0.131. The Bertz CT molecular complexity index is 1130. The molecule has 0 bridgehead atoms. The van der Waals surface area contributed by atoms with Crippen molar-refractivity contribution in [2.75, 3.05) is 7.05 Å². The quantitative estimate of drug-likeness (QED) is 0.395. The van der Waals surface area contributed by atoms with E-state index in [4.69, 9.17) is 0 Å². The number of carbonyl (C=O) groups excluding carboxylic acids is 1. The van der Waals surface area contributed by atoms with Gasteiger partial charge in [0.15, 0.2) is 0 Å². The zero-order valence-corrected chi connectivity index (χ0v) is 19.9. The Hall–Kier alpha value is -3.12. The van der Waals surface area contributed by atoms with Crippen molar-refractivity contribution in [1.29, 1.82) is 0 Å². The number of halogens is 3. The molecule has 3 aromatic rings.